The number of carbonyl (C=O) groups excluding carboxylic acids is 1. The van der Waals surface area contributed by atoms with Crippen molar-refractivity contribution in [2.24, 2.45) is 0 Å². The van der Waals surface area contributed by atoms with Crippen molar-refractivity contribution in [3.05, 3.63) is 76.2 Å². The average Bonchev–Trinajstić information content (AvgIpc) is 2.89. The number of amides is 1. The van der Waals surface area contributed by atoms with Crippen LogP contribution < -0.4 is 15.8 Å². The zero-order valence-electron chi connectivity index (χ0n) is 19.7. The van der Waals surface area contributed by atoms with Gasteiger partial charge in [0.15, 0.2) is 0 Å². The van der Waals surface area contributed by atoms with E-state index >= 15 is 0 Å². The number of anilines is 1. The van der Waals surface area contributed by atoms with Gasteiger partial charge in [0, 0.05) is 50.9 Å². The lowest BCUT2D eigenvalue weighted by atomic mass is 10.1. The fraction of sp³-hybridized carbons (Fsp3) is 0.269. The summed E-state index contributed by atoms with van der Waals surface area (Å²) >= 11 is 0. The number of benzene rings is 1. The predicted octanol–water partition coefficient (Wildman–Crippen LogP) is 2.57. The molecule has 3 aromatic heterocycles. The molecule has 0 radical (unpaired) electrons. The normalized spacial score (nSPS) is 16.2. The molecule has 4 aromatic rings. The minimum atomic E-state index is -0.468. The molecule has 1 atom stereocenters. The van der Waals surface area contributed by atoms with Gasteiger partial charge in [0.25, 0.3) is 11.5 Å². The zero-order valence-corrected chi connectivity index (χ0v) is 19.7. The van der Waals surface area contributed by atoms with Gasteiger partial charge in [-0.3, -0.25) is 19.5 Å². The molecule has 2 N–H and O–H groups in total. The van der Waals surface area contributed by atoms with Gasteiger partial charge in [0.05, 0.1) is 40.8 Å². The van der Waals surface area contributed by atoms with Crippen LogP contribution in [0.1, 0.15) is 22.5 Å². The smallest absolute Gasteiger partial charge is 0.269 e. The second kappa shape index (κ2) is 9.71. The van der Waals surface area contributed by atoms with Crippen molar-refractivity contribution in [1.29, 1.82) is 5.26 Å². The van der Waals surface area contributed by atoms with Crippen molar-refractivity contribution < 1.29 is 9.18 Å². The summed E-state index contributed by atoms with van der Waals surface area (Å²) in [5.74, 6) is -0.705. The lowest BCUT2D eigenvalue weighted by Gasteiger charge is -2.41. The molecule has 1 aromatic carbocycles. The number of carbonyl (C=O) groups is 1. The maximum Gasteiger partial charge on any atom is 0.269 e. The molecule has 1 aliphatic heterocycles. The molecule has 10 heteroatoms. The van der Waals surface area contributed by atoms with Crippen LogP contribution in [0, 0.1) is 17.1 Å². The summed E-state index contributed by atoms with van der Waals surface area (Å²) in [5, 5.41) is 12.9. The number of halogens is 1. The van der Waals surface area contributed by atoms with E-state index in [9.17, 15) is 19.2 Å². The van der Waals surface area contributed by atoms with Gasteiger partial charge >= 0.3 is 0 Å². The van der Waals surface area contributed by atoms with Crippen molar-refractivity contribution in [2.45, 2.75) is 19.0 Å². The Morgan fingerprint density at radius 3 is 2.81 bits per heavy atom. The van der Waals surface area contributed by atoms with Gasteiger partial charge in [0.1, 0.15) is 11.5 Å². The van der Waals surface area contributed by atoms with Crippen LogP contribution >= 0.6 is 0 Å². The number of nitriles is 1. The number of aromatic amines is 1. The SMILES string of the molecule is CNC(=O)c1ccc(N2CCN(Cc3cnc4c(c3)[nH]c(=O)c3cc(F)ccc34)[C@H](CC#N)C2)cn1. The monoisotopic (exact) mass is 485 g/mol. The Bertz CT molecular complexity index is 1540. The van der Waals surface area contributed by atoms with Crippen LogP contribution in [-0.4, -0.2) is 58.5 Å². The molecule has 0 unspecified atom stereocenters. The second-order valence-corrected chi connectivity index (χ2v) is 8.80. The molecule has 0 saturated carbocycles. The van der Waals surface area contributed by atoms with Crippen molar-refractivity contribution in [1.82, 2.24) is 25.2 Å². The molecule has 36 heavy (non-hydrogen) atoms. The largest absolute Gasteiger partial charge is 0.367 e. The van der Waals surface area contributed by atoms with Crippen molar-refractivity contribution in [3.63, 3.8) is 0 Å². The van der Waals surface area contributed by atoms with Crippen LogP contribution in [0.4, 0.5) is 10.1 Å². The third kappa shape index (κ3) is 4.48. The molecule has 182 valence electrons. The summed E-state index contributed by atoms with van der Waals surface area (Å²) in [5.41, 5.74) is 3.01. The molecule has 1 aliphatic rings. The maximum atomic E-state index is 13.6. The third-order valence-electron chi connectivity index (χ3n) is 6.56. The second-order valence-electron chi connectivity index (χ2n) is 8.80. The van der Waals surface area contributed by atoms with E-state index in [1.165, 1.54) is 12.1 Å². The molecule has 1 fully saturated rings. The summed E-state index contributed by atoms with van der Waals surface area (Å²) in [7, 11) is 1.57. The van der Waals surface area contributed by atoms with Crippen molar-refractivity contribution >= 4 is 33.4 Å². The summed E-state index contributed by atoms with van der Waals surface area (Å²) < 4.78 is 13.6. The number of hydrogen-bond donors (Lipinski definition) is 2. The van der Waals surface area contributed by atoms with E-state index in [0.717, 1.165) is 24.3 Å². The predicted molar refractivity (Wildman–Crippen MR) is 134 cm³/mol. The standard InChI is InChI=1S/C26H24FN7O2/c1-29-26(36)22-5-3-18(13-30-22)34-9-8-33(19(15-34)6-7-28)14-16-10-23-24(31-12-16)20-4-2-17(27)11-21(20)25(35)32-23/h2-5,10-13,19H,6,8-9,14-15H2,1H3,(H,29,36)(H,32,35)/t19-/m1/s1. The Kier molecular flexibility index (Phi) is 6.31. The molecule has 1 saturated heterocycles. The zero-order chi connectivity index (χ0) is 25.2. The van der Waals surface area contributed by atoms with Crippen LogP contribution in [-0.2, 0) is 6.54 Å². The number of H-pyrrole nitrogens is 1. The van der Waals surface area contributed by atoms with Crippen LogP contribution in [0.25, 0.3) is 21.8 Å². The molecule has 1 amide bonds. The van der Waals surface area contributed by atoms with E-state index < -0.39 is 5.82 Å². The molecule has 4 heterocycles. The van der Waals surface area contributed by atoms with Gasteiger partial charge in [0.2, 0.25) is 0 Å². The molecular weight excluding hydrogens is 461 g/mol. The van der Waals surface area contributed by atoms with Crippen LogP contribution in [0.5, 0.6) is 0 Å². The summed E-state index contributed by atoms with van der Waals surface area (Å²) in [6.07, 6.45) is 3.80. The van der Waals surface area contributed by atoms with Gasteiger partial charge in [-0.15, -0.1) is 0 Å². The Labute approximate surface area is 206 Å². The highest BCUT2D eigenvalue weighted by atomic mass is 19.1. The van der Waals surface area contributed by atoms with Crippen LogP contribution in [0.15, 0.2) is 53.6 Å². The number of nitrogens with zero attached hydrogens (tertiary/aromatic N) is 5. The number of aromatic nitrogens is 3. The number of hydrogen-bond acceptors (Lipinski definition) is 7. The van der Waals surface area contributed by atoms with E-state index in [2.05, 4.69) is 36.1 Å². The minimum Gasteiger partial charge on any atom is -0.367 e. The Morgan fingerprint density at radius 1 is 1.19 bits per heavy atom. The summed E-state index contributed by atoms with van der Waals surface area (Å²) in [4.78, 5) is 40.3. The van der Waals surface area contributed by atoms with E-state index in [1.807, 2.05) is 12.1 Å². The van der Waals surface area contributed by atoms with E-state index in [4.69, 9.17) is 0 Å². The van der Waals surface area contributed by atoms with Gasteiger partial charge in [-0.1, -0.05) is 0 Å². The van der Waals surface area contributed by atoms with Crippen molar-refractivity contribution in [2.75, 3.05) is 31.6 Å². The van der Waals surface area contributed by atoms with E-state index in [-0.39, 0.29) is 22.9 Å². The van der Waals surface area contributed by atoms with Crippen molar-refractivity contribution in [3.8, 4) is 6.07 Å². The molecule has 9 nitrogen and oxygen atoms in total. The third-order valence-corrected chi connectivity index (χ3v) is 6.56. The number of pyridine rings is 3. The molecule has 0 aliphatic carbocycles. The molecule has 0 bridgehead atoms. The van der Waals surface area contributed by atoms with E-state index in [1.54, 1.807) is 31.6 Å². The lowest BCUT2D eigenvalue weighted by molar-refractivity contribution is 0.0958. The first-order valence-electron chi connectivity index (χ1n) is 11.6. The fourth-order valence-corrected chi connectivity index (χ4v) is 4.71. The minimum absolute atomic E-state index is 0.0170. The maximum absolute atomic E-state index is 13.6. The highest BCUT2D eigenvalue weighted by Crippen LogP contribution is 2.24. The summed E-state index contributed by atoms with van der Waals surface area (Å²) in [6.45, 7) is 2.66. The number of fused-ring (bicyclic) bond motifs is 3. The van der Waals surface area contributed by atoms with Gasteiger partial charge in [-0.05, 0) is 42.0 Å². The molecular formula is C26H24FN7O2. The highest BCUT2D eigenvalue weighted by Gasteiger charge is 2.27. The number of rotatable bonds is 5. The van der Waals surface area contributed by atoms with Gasteiger partial charge < -0.3 is 15.2 Å². The molecule has 0 spiro atoms. The Balaban J connectivity index is 1.36. The lowest BCUT2D eigenvalue weighted by Crippen LogP contribution is -2.52. The quantitative estimate of drug-likeness (QED) is 0.417. The molecule has 5 rings (SSSR count). The Hall–Kier alpha value is -4.36. The first-order chi connectivity index (χ1) is 17.5. The number of nitrogens with one attached hydrogen (secondary N) is 2. The summed E-state index contributed by atoms with van der Waals surface area (Å²) in [6, 6.07) is 11.8. The van der Waals surface area contributed by atoms with Crippen LogP contribution in [0.3, 0.4) is 0 Å². The Morgan fingerprint density at radius 2 is 2.06 bits per heavy atom. The fourth-order valence-electron chi connectivity index (χ4n) is 4.71. The topological polar surface area (TPSA) is 118 Å². The number of piperazine rings is 1. The average molecular weight is 486 g/mol. The van der Waals surface area contributed by atoms with Crippen LogP contribution in [0.2, 0.25) is 0 Å². The van der Waals surface area contributed by atoms with Gasteiger partial charge in [-0.25, -0.2) is 9.37 Å². The first kappa shape index (κ1) is 23.4. The van der Waals surface area contributed by atoms with E-state index in [0.29, 0.717) is 41.6 Å². The highest BCUT2D eigenvalue weighted by molar-refractivity contribution is 6.02. The first-order valence-corrected chi connectivity index (χ1v) is 11.6. The van der Waals surface area contributed by atoms with Gasteiger partial charge in [-0.2, -0.15) is 5.26 Å².